The van der Waals surface area contributed by atoms with E-state index < -0.39 is 5.66 Å². The summed E-state index contributed by atoms with van der Waals surface area (Å²) in [6.07, 6.45) is 10.2. The lowest BCUT2D eigenvalue weighted by Crippen LogP contribution is -2.43. The highest BCUT2D eigenvalue weighted by atomic mass is 16.5. The van der Waals surface area contributed by atoms with E-state index in [1.54, 1.807) is 0 Å². The molecule has 3 heterocycles. The van der Waals surface area contributed by atoms with E-state index >= 15 is 0 Å². The largest absolute Gasteiger partial charge is 0.379 e. The Balaban J connectivity index is 1.27. The van der Waals surface area contributed by atoms with E-state index in [9.17, 15) is 9.59 Å². The summed E-state index contributed by atoms with van der Waals surface area (Å²) in [4.78, 5) is 29.1. The summed E-state index contributed by atoms with van der Waals surface area (Å²) in [5, 5.41) is 11.2. The van der Waals surface area contributed by atoms with Crippen molar-refractivity contribution in [2.45, 2.75) is 50.6 Å². The highest BCUT2D eigenvalue weighted by Gasteiger charge is 2.40. The Bertz CT molecular complexity index is 625. The van der Waals surface area contributed by atoms with Crippen LogP contribution in [0.3, 0.4) is 0 Å². The molecule has 8 nitrogen and oxygen atoms in total. The van der Waals surface area contributed by atoms with Crippen LogP contribution in [0.15, 0.2) is 10.2 Å². The lowest BCUT2D eigenvalue weighted by atomic mass is 9.95. The van der Waals surface area contributed by atoms with Crippen LogP contribution in [0.1, 0.15) is 44.9 Å². The molecule has 2 amide bonds. The zero-order valence-corrected chi connectivity index (χ0v) is 17.3. The van der Waals surface area contributed by atoms with Crippen molar-refractivity contribution >= 4 is 11.8 Å². The molecule has 1 N–H and O–H groups in total. The molecule has 0 saturated carbocycles. The van der Waals surface area contributed by atoms with Gasteiger partial charge in [0.25, 0.3) is 0 Å². The number of terminal acetylenes is 1. The van der Waals surface area contributed by atoms with Gasteiger partial charge in [-0.1, -0.05) is 0 Å². The SMILES string of the molecule is C#CCCC1(CCC(=O)N2CCC(C(=O)NCCCN3CCOCC3)CC2)N=N1. The molecule has 2 fully saturated rings. The van der Waals surface area contributed by atoms with Gasteiger partial charge in [-0.15, -0.1) is 12.3 Å². The molecule has 0 aromatic carbocycles. The van der Waals surface area contributed by atoms with Crippen LogP contribution >= 0.6 is 0 Å². The fourth-order valence-electron chi connectivity index (χ4n) is 4.01. The predicted molar refractivity (Wildman–Crippen MR) is 109 cm³/mol. The van der Waals surface area contributed by atoms with Gasteiger partial charge in [-0.3, -0.25) is 14.5 Å². The summed E-state index contributed by atoms with van der Waals surface area (Å²) >= 11 is 0. The Hall–Kier alpha value is -1.98. The number of amides is 2. The van der Waals surface area contributed by atoms with E-state index in [0.29, 0.717) is 38.9 Å². The minimum Gasteiger partial charge on any atom is -0.379 e. The van der Waals surface area contributed by atoms with E-state index in [2.05, 4.69) is 26.4 Å². The van der Waals surface area contributed by atoms with Crippen molar-refractivity contribution in [2.75, 3.05) is 52.5 Å². The predicted octanol–water partition coefficient (Wildman–Crippen LogP) is 1.42. The summed E-state index contributed by atoms with van der Waals surface area (Å²) in [6, 6.07) is 0. The lowest BCUT2D eigenvalue weighted by molar-refractivity contribution is -0.135. The molecular weight excluding hydrogens is 370 g/mol. The second-order valence-electron chi connectivity index (χ2n) is 8.14. The fraction of sp³-hybridized carbons (Fsp3) is 0.810. The van der Waals surface area contributed by atoms with Crippen LogP contribution < -0.4 is 5.32 Å². The number of carbonyl (C=O) groups is 2. The van der Waals surface area contributed by atoms with E-state index in [-0.39, 0.29) is 17.7 Å². The molecule has 0 unspecified atom stereocenters. The third-order valence-electron chi connectivity index (χ3n) is 6.06. The normalized spacial score (nSPS) is 21.6. The fourth-order valence-corrected chi connectivity index (χ4v) is 4.01. The number of likely N-dealkylation sites (tertiary alicyclic amines) is 1. The maximum absolute atomic E-state index is 12.5. The van der Waals surface area contributed by atoms with Crippen molar-refractivity contribution in [2.24, 2.45) is 16.1 Å². The van der Waals surface area contributed by atoms with Gasteiger partial charge in [0, 0.05) is 64.3 Å². The van der Waals surface area contributed by atoms with Gasteiger partial charge < -0.3 is 15.0 Å². The highest BCUT2D eigenvalue weighted by molar-refractivity contribution is 5.80. The zero-order chi connectivity index (χ0) is 20.5. The Kier molecular flexibility index (Phi) is 8.01. The second kappa shape index (κ2) is 10.7. The molecule has 29 heavy (non-hydrogen) atoms. The Morgan fingerprint density at radius 2 is 1.86 bits per heavy atom. The molecule has 160 valence electrons. The number of morpholine rings is 1. The quantitative estimate of drug-likeness (QED) is 0.441. The average molecular weight is 404 g/mol. The average Bonchev–Trinajstić information content (AvgIpc) is 3.54. The standard InChI is InChI=1S/C21H33N5O3/c1-2-3-8-21(23-24-21)9-5-19(27)26-12-6-18(7-13-26)20(28)22-10-4-11-25-14-16-29-17-15-25/h1,18H,3-17H2,(H,22,28). The van der Waals surface area contributed by atoms with Crippen molar-refractivity contribution < 1.29 is 14.3 Å². The van der Waals surface area contributed by atoms with Crippen molar-refractivity contribution in [1.82, 2.24) is 15.1 Å². The maximum Gasteiger partial charge on any atom is 0.223 e. The number of rotatable bonds is 10. The number of nitrogens with one attached hydrogen (secondary N) is 1. The first kappa shape index (κ1) is 21.7. The smallest absolute Gasteiger partial charge is 0.223 e. The van der Waals surface area contributed by atoms with Crippen LogP contribution in [0.2, 0.25) is 0 Å². The van der Waals surface area contributed by atoms with Crippen LogP contribution in [-0.4, -0.2) is 79.8 Å². The van der Waals surface area contributed by atoms with Crippen LogP contribution in [-0.2, 0) is 14.3 Å². The summed E-state index contributed by atoms with van der Waals surface area (Å²) in [6.45, 7) is 6.58. The van der Waals surface area contributed by atoms with Crippen molar-refractivity contribution in [1.29, 1.82) is 0 Å². The number of nitrogens with zero attached hydrogens (tertiary/aromatic N) is 4. The molecule has 0 radical (unpaired) electrons. The third kappa shape index (κ3) is 6.79. The molecule has 0 aromatic heterocycles. The van der Waals surface area contributed by atoms with Crippen LogP contribution in [0, 0.1) is 18.3 Å². The van der Waals surface area contributed by atoms with Gasteiger partial charge in [0.1, 0.15) is 0 Å². The second-order valence-corrected chi connectivity index (χ2v) is 8.14. The molecule has 0 atom stereocenters. The van der Waals surface area contributed by atoms with Crippen LogP contribution in [0.25, 0.3) is 0 Å². The topological polar surface area (TPSA) is 86.6 Å². The molecular formula is C21H33N5O3. The van der Waals surface area contributed by atoms with Gasteiger partial charge in [0.2, 0.25) is 11.8 Å². The Morgan fingerprint density at radius 1 is 1.14 bits per heavy atom. The number of ether oxygens (including phenoxy) is 1. The van der Waals surface area contributed by atoms with Crippen LogP contribution in [0.5, 0.6) is 0 Å². The van der Waals surface area contributed by atoms with Gasteiger partial charge in [0.05, 0.1) is 13.2 Å². The molecule has 2 saturated heterocycles. The van der Waals surface area contributed by atoms with E-state index in [1.165, 1.54) is 0 Å². The summed E-state index contributed by atoms with van der Waals surface area (Å²) in [7, 11) is 0. The van der Waals surface area contributed by atoms with Crippen molar-refractivity contribution in [3.8, 4) is 12.3 Å². The maximum atomic E-state index is 12.5. The number of hydrogen-bond donors (Lipinski definition) is 1. The molecule has 0 aromatic rings. The van der Waals surface area contributed by atoms with Gasteiger partial charge in [-0.25, -0.2) is 0 Å². The summed E-state index contributed by atoms with van der Waals surface area (Å²) in [5.74, 6) is 2.88. The van der Waals surface area contributed by atoms with Crippen LogP contribution in [0.4, 0.5) is 0 Å². The summed E-state index contributed by atoms with van der Waals surface area (Å²) < 4.78 is 5.34. The minimum atomic E-state index is -0.401. The first-order valence-electron chi connectivity index (χ1n) is 10.8. The van der Waals surface area contributed by atoms with E-state index in [4.69, 9.17) is 11.2 Å². The Labute approximate surface area is 173 Å². The monoisotopic (exact) mass is 403 g/mol. The van der Waals surface area contributed by atoms with Gasteiger partial charge >= 0.3 is 0 Å². The number of carbonyl (C=O) groups excluding carboxylic acids is 2. The lowest BCUT2D eigenvalue weighted by Gasteiger charge is -2.31. The molecule has 3 aliphatic rings. The molecule has 0 spiro atoms. The highest BCUT2D eigenvalue weighted by Crippen LogP contribution is 2.37. The Morgan fingerprint density at radius 3 is 2.52 bits per heavy atom. The first-order chi connectivity index (χ1) is 14.1. The van der Waals surface area contributed by atoms with Gasteiger partial charge in [0.15, 0.2) is 5.66 Å². The molecule has 3 aliphatic heterocycles. The van der Waals surface area contributed by atoms with E-state index in [0.717, 1.165) is 58.5 Å². The minimum absolute atomic E-state index is 0.0119. The van der Waals surface area contributed by atoms with Gasteiger partial charge in [-0.05, 0) is 25.8 Å². The van der Waals surface area contributed by atoms with Gasteiger partial charge in [-0.2, -0.15) is 10.2 Å². The molecule has 0 bridgehead atoms. The zero-order valence-electron chi connectivity index (χ0n) is 17.3. The molecule has 8 heteroatoms. The number of piperidine rings is 1. The van der Waals surface area contributed by atoms with Crippen molar-refractivity contribution in [3.05, 3.63) is 0 Å². The van der Waals surface area contributed by atoms with E-state index in [1.807, 2.05) is 4.90 Å². The summed E-state index contributed by atoms with van der Waals surface area (Å²) in [5.41, 5.74) is -0.401. The third-order valence-corrected chi connectivity index (χ3v) is 6.06. The molecule has 0 aliphatic carbocycles. The van der Waals surface area contributed by atoms with Crippen molar-refractivity contribution in [3.63, 3.8) is 0 Å². The number of hydrogen-bond acceptors (Lipinski definition) is 6. The first-order valence-corrected chi connectivity index (χ1v) is 10.8. The molecule has 3 rings (SSSR count).